The number of hydrogen-bond acceptors (Lipinski definition) is 3. The van der Waals surface area contributed by atoms with Crippen LogP contribution in [0, 0.1) is 6.92 Å². The first-order valence-electron chi connectivity index (χ1n) is 6.06. The van der Waals surface area contributed by atoms with Crippen LogP contribution in [0.1, 0.15) is 16.1 Å². The van der Waals surface area contributed by atoms with Crippen LogP contribution in [0.25, 0.3) is 0 Å². The smallest absolute Gasteiger partial charge is 0.251 e. The molecule has 4 nitrogen and oxygen atoms in total. The monoisotopic (exact) mass is 291 g/mol. The number of ether oxygens (including phenoxy) is 1. The van der Waals surface area contributed by atoms with Crippen LogP contribution in [0.2, 0.25) is 5.02 Å². The van der Waals surface area contributed by atoms with E-state index < -0.39 is 0 Å². The summed E-state index contributed by atoms with van der Waals surface area (Å²) < 4.78 is 6.47. The summed E-state index contributed by atoms with van der Waals surface area (Å²) in [6.45, 7) is 1.78. The van der Waals surface area contributed by atoms with Gasteiger partial charge in [0.05, 0.1) is 18.7 Å². The summed E-state index contributed by atoms with van der Waals surface area (Å²) in [5.74, 6) is 0.335. The molecule has 0 saturated carbocycles. The molecule has 0 fully saturated rings. The Morgan fingerprint density at radius 2 is 2.05 bits per heavy atom. The second kappa shape index (κ2) is 5.92. The minimum atomic E-state index is -0.196. The zero-order valence-electron chi connectivity index (χ0n) is 11.2. The topological polar surface area (TPSA) is 48.3 Å². The standard InChI is InChI=1S/C15H14ClNO3/c1-10-4-3-5-15(19)17(10)9-13(18)11-6-7-14(20-2)12(16)8-11/h3-8H,9H2,1-2H3. The van der Waals surface area contributed by atoms with Crippen LogP contribution in [0.5, 0.6) is 5.75 Å². The Morgan fingerprint density at radius 1 is 1.30 bits per heavy atom. The number of methoxy groups -OCH3 is 1. The lowest BCUT2D eigenvalue weighted by Crippen LogP contribution is -2.25. The van der Waals surface area contributed by atoms with Crippen molar-refractivity contribution < 1.29 is 9.53 Å². The molecule has 0 N–H and O–H groups in total. The number of rotatable bonds is 4. The number of hydrogen-bond donors (Lipinski definition) is 0. The van der Waals surface area contributed by atoms with Gasteiger partial charge in [0.1, 0.15) is 5.75 Å². The molecule has 2 rings (SSSR count). The molecule has 20 heavy (non-hydrogen) atoms. The van der Waals surface area contributed by atoms with Crippen molar-refractivity contribution in [3.8, 4) is 5.75 Å². The number of aryl methyl sites for hydroxylation is 1. The largest absolute Gasteiger partial charge is 0.495 e. The highest BCUT2D eigenvalue weighted by molar-refractivity contribution is 6.32. The summed E-state index contributed by atoms with van der Waals surface area (Å²) in [6, 6.07) is 9.71. The predicted octanol–water partition coefficient (Wildman–Crippen LogP) is 2.70. The number of aromatic nitrogens is 1. The Labute approximate surface area is 121 Å². The SMILES string of the molecule is COc1ccc(C(=O)Cn2c(C)cccc2=O)cc1Cl. The van der Waals surface area contributed by atoms with Crippen molar-refractivity contribution >= 4 is 17.4 Å². The number of Topliss-reactive ketones (excluding diaryl/α,β-unsaturated/α-hetero) is 1. The first kappa shape index (κ1) is 14.3. The van der Waals surface area contributed by atoms with Crippen molar-refractivity contribution in [3.63, 3.8) is 0 Å². The van der Waals surface area contributed by atoms with Gasteiger partial charge >= 0.3 is 0 Å². The zero-order valence-corrected chi connectivity index (χ0v) is 12.0. The molecule has 1 aromatic carbocycles. The second-order valence-corrected chi connectivity index (χ2v) is 4.77. The first-order valence-corrected chi connectivity index (χ1v) is 6.44. The fourth-order valence-electron chi connectivity index (χ4n) is 1.90. The summed E-state index contributed by atoms with van der Waals surface area (Å²) in [7, 11) is 1.51. The molecule has 1 heterocycles. The minimum Gasteiger partial charge on any atom is -0.495 e. The van der Waals surface area contributed by atoms with E-state index in [1.54, 1.807) is 37.3 Å². The van der Waals surface area contributed by atoms with Crippen molar-refractivity contribution in [1.82, 2.24) is 4.57 Å². The highest BCUT2D eigenvalue weighted by atomic mass is 35.5. The molecule has 0 amide bonds. The van der Waals surface area contributed by atoms with Gasteiger partial charge in [0.25, 0.3) is 5.56 Å². The number of nitrogens with zero attached hydrogens (tertiary/aromatic N) is 1. The summed E-state index contributed by atoms with van der Waals surface area (Å²) in [5, 5.41) is 0.371. The van der Waals surface area contributed by atoms with Gasteiger partial charge in [0, 0.05) is 17.3 Å². The zero-order chi connectivity index (χ0) is 14.7. The lowest BCUT2D eigenvalue weighted by molar-refractivity contribution is 0.0970. The number of benzene rings is 1. The third-order valence-corrected chi connectivity index (χ3v) is 3.34. The molecule has 0 bridgehead atoms. The van der Waals surface area contributed by atoms with E-state index in [1.165, 1.54) is 17.7 Å². The van der Waals surface area contributed by atoms with E-state index in [4.69, 9.17) is 16.3 Å². The number of carbonyl (C=O) groups excluding carboxylic acids is 1. The Kier molecular flexibility index (Phi) is 4.25. The van der Waals surface area contributed by atoms with Crippen LogP contribution in [0.4, 0.5) is 0 Å². The average molecular weight is 292 g/mol. The van der Waals surface area contributed by atoms with Gasteiger partial charge in [0.2, 0.25) is 0 Å². The summed E-state index contributed by atoms with van der Waals surface area (Å²) in [4.78, 5) is 24.0. The maximum Gasteiger partial charge on any atom is 0.251 e. The maximum atomic E-state index is 12.2. The molecule has 1 aromatic heterocycles. The Bertz CT molecular complexity index is 707. The van der Waals surface area contributed by atoms with Gasteiger partial charge in [-0.15, -0.1) is 0 Å². The van der Waals surface area contributed by atoms with E-state index >= 15 is 0 Å². The number of halogens is 1. The molecule has 0 radical (unpaired) electrons. The average Bonchev–Trinajstić information content (AvgIpc) is 2.42. The summed E-state index contributed by atoms with van der Waals surface area (Å²) in [6.07, 6.45) is 0. The Morgan fingerprint density at radius 3 is 2.65 bits per heavy atom. The molecule has 104 valence electrons. The first-order chi connectivity index (χ1) is 9.52. The Balaban J connectivity index is 2.29. The van der Waals surface area contributed by atoms with Crippen molar-refractivity contribution in [2.24, 2.45) is 0 Å². The Hall–Kier alpha value is -2.07. The minimum absolute atomic E-state index is 0.00579. The second-order valence-electron chi connectivity index (χ2n) is 4.36. The van der Waals surface area contributed by atoms with Crippen LogP contribution < -0.4 is 10.3 Å². The fourth-order valence-corrected chi connectivity index (χ4v) is 2.16. The van der Waals surface area contributed by atoms with E-state index in [0.29, 0.717) is 16.3 Å². The van der Waals surface area contributed by atoms with Crippen molar-refractivity contribution in [1.29, 1.82) is 0 Å². The molecule has 0 spiro atoms. The highest BCUT2D eigenvalue weighted by Crippen LogP contribution is 2.25. The molecule has 0 aliphatic rings. The lowest BCUT2D eigenvalue weighted by atomic mass is 10.1. The van der Waals surface area contributed by atoms with Crippen LogP contribution in [-0.2, 0) is 6.54 Å². The third kappa shape index (κ3) is 2.91. The van der Waals surface area contributed by atoms with Crippen molar-refractivity contribution in [2.75, 3.05) is 7.11 Å². The summed E-state index contributed by atoms with van der Waals surface area (Å²) in [5.41, 5.74) is 0.995. The van der Waals surface area contributed by atoms with Crippen molar-refractivity contribution in [2.45, 2.75) is 13.5 Å². The quantitative estimate of drug-likeness (QED) is 0.814. The molecule has 5 heteroatoms. The van der Waals surface area contributed by atoms with E-state index in [2.05, 4.69) is 0 Å². The molecule has 0 aliphatic carbocycles. The van der Waals surface area contributed by atoms with Crippen LogP contribution in [-0.4, -0.2) is 17.5 Å². The molecule has 0 unspecified atom stereocenters. The maximum absolute atomic E-state index is 12.2. The van der Waals surface area contributed by atoms with Gasteiger partial charge in [-0.3, -0.25) is 9.59 Å². The number of carbonyl (C=O) groups is 1. The molecule has 0 atom stereocenters. The normalized spacial score (nSPS) is 10.3. The van der Waals surface area contributed by atoms with Crippen LogP contribution >= 0.6 is 11.6 Å². The highest BCUT2D eigenvalue weighted by Gasteiger charge is 2.11. The molecule has 0 aliphatic heterocycles. The van der Waals surface area contributed by atoms with E-state index in [9.17, 15) is 9.59 Å². The van der Waals surface area contributed by atoms with Crippen LogP contribution in [0.3, 0.4) is 0 Å². The molecule has 0 saturated heterocycles. The lowest BCUT2D eigenvalue weighted by Gasteiger charge is -2.09. The molecular weight excluding hydrogens is 278 g/mol. The van der Waals surface area contributed by atoms with Crippen LogP contribution in [0.15, 0.2) is 41.2 Å². The number of pyridine rings is 1. The van der Waals surface area contributed by atoms with E-state index in [-0.39, 0.29) is 17.9 Å². The fraction of sp³-hybridized carbons (Fsp3) is 0.200. The van der Waals surface area contributed by atoms with Gasteiger partial charge in [-0.25, -0.2) is 0 Å². The van der Waals surface area contributed by atoms with Gasteiger partial charge in [-0.1, -0.05) is 17.7 Å². The van der Waals surface area contributed by atoms with Crippen molar-refractivity contribution in [3.05, 3.63) is 63.0 Å². The van der Waals surface area contributed by atoms with E-state index in [1.807, 2.05) is 0 Å². The third-order valence-electron chi connectivity index (χ3n) is 3.04. The number of ketones is 1. The van der Waals surface area contributed by atoms with Gasteiger partial charge in [-0.2, -0.15) is 0 Å². The molecule has 2 aromatic rings. The van der Waals surface area contributed by atoms with Gasteiger partial charge < -0.3 is 9.30 Å². The van der Waals surface area contributed by atoms with E-state index in [0.717, 1.165) is 5.69 Å². The van der Waals surface area contributed by atoms with Gasteiger partial charge in [-0.05, 0) is 31.2 Å². The predicted molar refractivity (Wildman–Crippen MR) is 77.8 cm³/mol. The summed E-state index contributed by atoms with van der Waals surface area (Å²) >= 11 is 5.99. The van der Waals surface area contributed by atoms with Gasteiger partial charge in [0.15, 0.2) is 5.78 Å². The molecular formula is C15H14ClNO3.